The molecule has 2 heteroatoms. The topological polar surface area (TPSA) is 20.3 Å². The molecule has 0 heterocycles. The Morgan fingerprint density at radius 2 is 1.92 bits per heavy atom. The first kappa shape index (κ1) is 11.0. The molecule has 0 aliphatic rings. The van der Waals surface area contributed by atoms with E-state index in [9.17, 15) is 4.79 Å². The monoisotopic (exact) mass is 167 g/mol. The zero-order chi connectivity index (χ0) is 9.56. The third-order valence-electron chi connectivity index (χ3n) is 1.69. The molecule has 0 amide bonds. The molecule has 0 bridgehead atoms. The Labute approximate surface area is 74.6 Å². The fourth-order valence-corrected chi connectivity index (χ4v) is 1.08. The van der Waals surface area contributed by atoms with Crippen LogP contribution < -0.4 is 0 Å². The first-order chi connectivity index (χ1) is 5.65. The van der Waals surface area contributed by atoms with Crippen molar-refractivity contribution in [3.05, 3.63) is 24.4 Å². The maximum absolute atomic E-state index is 10.8. The minimum Gasteiger partial charge on any atom is -0.372 e. The molecule has 0 aliphatic carbocycles. The molecule has 0 atom stereocenters. The summed E-state index contributed by atoms with van der Waals surface area (Å²) in [5.74, 6) is 0.0665. The molecule has 0 saturated heterocycles. The zero-order valence-electron chi connectivity index (χ0n) is 8.13. The van der Waals surface area contributed by atoms with E-state index in [2.05, 4.69) is 25.3 Å². The molecule has 0 radical (unpaired) electrons. The average Bonchev–Trinajstić information content (AvgIpc) is 2.04. The third-order valence-corrected chi connectivity index (χ3v) is 1.69. The van der Waals surface area contributed by atoms with Crippen LogP contribution in [0.4, 0.5) is 0 Å². The fraction of sp³-hybridized carbons (Fsp3) is 0.500. The maximum Gasteiger partial charge on any atom is 0.154 e. The Kier molecular flexibility index (Phi) is 5.09. The smallest absolute Gasteiger partial charge is 0.154 e. The molecule has 0 N–H and O–H groups in total. The summed E-state index contributed by atoms with van der Waals surface area (Å²) in [6.45, 7) is 11.1. The van der Waals surface area contributed by atoms with Crippen LogP contribution in [0.3, 0.4) is 0 Å². The molecule has 0 unspecified atom stereocenters. The largest absolute Gasteiger partial charge is 0.372 e. The molecule has 0 aliphatic heterocycles. The minimum atomic E-state index is 0.0665. The van der Waals surface area contributed by atoms with E-state index in [-0.39, 0.29) is 5.78 Å². The number of rotatable bonds is 5. The summed E-state index contributed by atoms with van der Waals surface area (Å²) in [5.41, 5.74) is 0.910. The minimum absolute atomic E-state index is 0.0665. The summed E-state index contributed by atoms with van der Waals surface area (Å²) >= 11 is 0. The molecule has 0 aromatic rings. The fourth-order valence-electron chi connectivity index (χ4n) is 1.08. The van der Waals surface area contributed by atoms with Gasteiger partial charge in [-0.05, 0) is 26.8 Å². The van der Waals surface area contributed by atoms with Crippen LogP contribution >= 0.6 is 0 Å². The van der Waals surface area contributed by atoms with E-state index >= 15 is 0 Å². The molecule has 0 saturated carbocycles. The van der Waals surface area contributed by atoms with Gasteiger partial charge in [0.05, 0.1) is 0 Å². The maximum atomic E-state index is 10.8. The Morgan fingerprint density at radius 3 is 2.17 bits per heavy atom. The summed E-state index contributed by atoms with van der Waals surface area (Å²) < 4.78 is 0. The molecule has 68 valence electrons. The van der Waals surface area contributed by atoms with Gasteiger partial charge in [0, 0.05) is 24.9 Å². The molecule has 12 heavy (non-hydrogen) atoms. The first-order valence-electron chi connectivity index (χ1n) is 4.25. The molecule has 0 rings (SSSR count). The van der Waals surface area contributed by atoms with Gasteiger partial charge in [-0.2, -0.15) is 0 Å². The van der Waals surface area contributed by atoms with Gasteiger partial charge < -0.3 is 4.90 Å². The van der Waals surface area contributed by atoms with Crippen LogP contribution in [0, 0.1) is 0 Å². The molecule has 0 aromatic heterocycles. The van der Waals surface area contributed by atoms with E-state index < -0.39 is 0 Å². The lowest BCUT2D eigenvalue weighted by Gasteiger charge is -2.21. The third kappa shape index (κ3) is 3.37. The second-order valence-corrected chi connectivity index (χ2v) is 2.56. The molecular weight excluding hydrogens is 150 g/mol. The van der Waals surface area contributed by atoms with Crippen molar-refractivity contribution >= 4 is 5.78 Å². The van der Waals surface area contributed by atoms with Crippen LogP contribution in [0.2, 0.25) is 0 Å². The van der Waals surface area contributed by atoms with Crippen LogP contribution in [0.25, 0.3) is 0 Å². The lowest BCUT2D eigenvalue weighted by atomic mass is 10.3. The molecule has 0 spiro atoms. The Morgan fingerprint density at radius 1 is 1.42 bits per heavy atom. The highest BCUT2D eigenvalue weighted by Crippen LogP contribution is 2.04. The Balaban J connectivity index is 4.51. The molecule has 0 aromatic carbocycles. The van der Waals surface area contributed by atoms with Crippen molar-refractivity contribution in [1.29, 1.82) is 0 Å². The number of hydrogen-bond donors (Lipinski definition) is 0. The van der Waals surface area contributed by atoms with Gasteiger partial charge in [-0.25, -0.2) is 0 Å². The molecule has 2 nitrogen and oxygen atoms in total. The van der Waals surface area contributed by atoms with Crippen molar-refractivity contribution in [3.63, 3.8) is 0 Å². The normalized spacial score (nSPS) is 11.1. The van der Waals surface area contributed by atoms with E-state index in [1.54, 1.807) is 19.1 Å². The van der Waals surface area contributed by atoms with Gasteiger partial charge in [0.2, 0.25) is 0 Å². The van der Waals surface area contributed by atoms with E-state index in [1.807, 2.05) is 0 Å². The predicted octanol–water partition coefficient (Wildman–Crippen LogP) is 1.99. The number of carbonyl (C=O) groups is 1. The lowest BCUT2D eigenvalue weighted by molar-refractivity contribution is -0.112. The summed E-state index contributed by atoms with van der Waals surface area (Å²) in [5, 5.41) is 0. The van der Waals surface area contributed by atoms with Gasteiger partial charge in [0.25, 0.3) is 0 Å². The van der Waals surface area contributed by atoms with Gasteiger partial charge in [-0.1, -0.05) is 6.58 Å². The van der Waals surface area contributed by atoms with Gasteiger partial charge in [-0.15, -0.1) is 0 Å². The van der Waals surface area contributed by atoms with Crippen LogP contribution in [0.1, 0.15) is 20.8 Å². The highest BCUT2D eigenvalue weighted by molar-refractivity contribution is 5.88. The average molecular weight is 167 g/mol. The standard InChI is InChI=1S/C10H17NO/c1-5-10(8-9(4)12)11(6-2)7-3/h5,8H,1,6-7H2,2-4H3/b10-8+. The van der Waals surface area contributed by atoms with E-state index in [4.69, 9.17) is 0 Å². The van der Waals surface area contributed by atoms with Crippen LogP contribution in [0.15, 0.2) is 24.4 Å². The number of allylic oxidation sites excluding steroid dienone is 2. The van der Waals surface area contributed by atoms with Crippen molar-refractivity contribution in [2.45, 2.75) is 20.8 Å². The Hall–Kier alpha value is -1.05. The van der Waals surface area contributed by atoms with Gasteiger partial charge in [0.15, 0.2) is 5.78 Å². The number of carbonyl (C=O) groups excluding carboxylic acids is 1. The molecule has 0 fully saturated rings. The number of ketones is 1. The molecular formula is C10H17NO. The van der Waals surface area contributed by atoms with Crippen molar-refractivity contribution in [2.75, 3.05) is 13.1 Å². The highest BCUT2D eigenvalue weighted by Gasteiger charge is 2.01. The number of hydrogen-bond acceptors (Lipinski definition) is 2. The van der Waals surface area contributed by atoms with Crippen molar-refractivity contribution in [1.82, 2.24) is 4.90 Å². The quantitative estimate of drug-likeness (QED) is 0.461. The summed E-state index contributed by atoms with van der Waals surface area (Å²) in [7, 11) is 0. The van der Waals surface area contributed by atoms with E-state index in [0.717, 1.165) is 18.8 Å². The van der Waals surface area contributed by atoms with Gasteiger partial charge in [-0.3, -0.25) is 4.79 Å². The van der Waals surface area contributed by atoms with Crippen molar-refractivity contribution < 1.29 is 4.79 Å². The van der Waals surface area contributed by atoms with Crippen LogP contribution in [-0.2, 0) is 4.79 Å². The second-order valence-electron chi connectivity index (χ2n) is 2.56. The second kappa shape index (κ2) is 5.58. The van der Waals surface area contributed by atoms with Crippen LogP contribution in [0.5, 0.6) is 0 Å². The van der Waals surface area contributed by atoms with Gasteiger partial charge in [0.1, 0.15) is 0 Å². The predicted molar refractivity (Wildman–Crippen MR) is 51.9 cm³/mol. The summed E-state index contributed by atoms with van der Waals surface area (Å²) in [4.78, 5) is 12.9. The van der Waals surface area contributed by atoms with Crippen molar-refractivity contribution in [3.8, 4) is 0 Å². The van der Waals surface area contributed by atoms with Gasteiger partial charge >= 0.3 is 0 Å². The SMILES string of the molecule is C=C/C(=C\C(C)=O)N(CC)CC. The number of nitrogens with zero attached hydrogens (tertiary/aromatic N) is 1. The highest BCUT2D eigenvalue weighted by atomic mass is 16.1. The first-order valence-corrected chi connectivity index (χ1v) is 4.25. The summed E-state index contributed by atoms with van der Waals surface area (Å²) in [6, 6.07) is 0. The van der Waals surface area contributed by atoms with Crippen molar-refractivity contribution in [2.24, 2.45) is 0 Å². The zero-order valence-corrected chi connectivity index (χ0v) is 8.13. The number of likely N-dealkylation sites (N-methyl/N-ethyl adjacent to an activating group) is 1. The summed E-state index contributed by atoms with van der Waals surface area (Å²) in [6.07, 6.45) is 3.33. The van der Waals surface area contributed by atoms with Crippen LogP contribution in [-0.4, -0.2) is 23.8 Å². The van der Waals surface area contributed by atoms with E-state index in [0.29, 0.717) is 0 Å². The Bertz CT molecular complexity index is 190. The lowest BCUT2D eigenvalue weighted by Crippen LogP contribution is -2.21. The van der Waals surface area contributed by atoms with E-state index in [1.165, 1.54) is 0 Å².